The van der Waals surface area contributed by atoms with Crippen molar-refractivity contribution in [2.45, 2.75) is 38.5 Å². The Labute approximate surface area is 256 Å². The molecule has 2 nitrogen and oxygen atoms in total. The van der Waals surface area contributed by atoms with Gasteiger partial charge in [0.1, 0.15) is 11.2 Å². The maximum atomic E-state index is 6.66. The fraction of sp³-hybridized carbons (Fsp3) is 0.143. The van der Waals surface area contributed by atoms with E-state index in [1.54, 1.807) is 0 Å². The summed E-state index contributed by atoms with van der Waals surface area (Å²) >= 11 is 0. The summed E-state index contributed by atoms with van der Waals surface area (Å²) in [6.07, 6.45) is 0. The van der Waals surface area contributed by atoms with Gasteiger partial charge in [-0.15, -0.1) is 0 Å². The van der Waals surface area contributed by atoms with Gasteiger partial charge in [-0.2, -0.15) is 0 Å². The van der Waals surface area contributed by atoms with E-state index in [9.17, 15) is 0 Å². The van der Waals surface area contributed by atoms with Crippen molar-refractivity contribution < 1.29 is 4.42 Å². The first kappa shape index (κ1) is 24.4. The molecule has 0 bridgehead atoms. The monoisotopic (exact) mass is 565 g/mol. The summed E-state index contributed by atoms with van der Waals surface area (Å²) < 4.78 is 9.11. The predicted octanol–water partition coefficient (Wildman–Crippen LogP) is 11.3. The van der Waals surface area contributed by atoms with Crippen LogP contribution < -0.4 is 0 Å². The molecule has 8 aromatic rings. The molecule has 0 atom stereocenters. The number of hydrogen-bond acceptors (Lipinski definition) is 1. The van der Waals surface area contributed by atoms with Gasteiger partial charge in [0.2, 0.25) is 0 Å². The average molecular weight is 566 g/mol. The number of furan rings is 1. The molecule has 0 radical (unpaired) electrons. The number of aromatic nitrogens is 1. The standard InChI is InChI=1S/C42H31NO/c1-41(2)31-14-8-5-11-25(31)27-18-17-24(21-33(27)41)43-35-16-10-7-13-28(35)39-36(43)19-20-37-40(39)30-22-29-26-12-6-9-15-32(26)42(3,4)34(29)23-38(30)44-37/h5-23H,1-4H3. The Hall–Kier alpha value is -5.08. The number of rotatable bonds is 1. The molecule has 0 spiro atoms. The highest BCUT2D eigenvalue weighted by Crippen LogP contribution is 2.52. The highest BCUT2D eigenvalue weighted by Gasteiger charge is 2.37. The second kappa shape index (κ2) is 7.89. The third kappa shape index (κ3) is 2.82. The molecule has 2 heterocycles. The fourth-order valence-electron chi connectivity index (χ4n) is 8.63. The van der Waals surface area contributed by atoms with E-state index in [0.29, 0.717) is 0 Å². The molecule has 0 N–H and O–H groups in total. The molecule has 2 aromatic heterocycles. The number of nitrogens with zero attached hydrogens (tertiary/aromatic N) is 1. The summed E-state index contributed by atoms with van der Waals surface area (Å²) in [5.41, 5.74) is 16.2. The van der Waals surface area contributed by atoms with Crippen LogP contribution in [-0.2, 0) is 10.8 Å². The zero-order chi connectivity index (χ0) is 29.5. The summed E-state index contributed by atoms with van der Waals surface area (Å²) in [7, 11) is 0. The highest BCUT2D eigenvalue weighted by molar-refractivity contribution is 6.27. The van der Waals surface area contributed by atoms with Crippen molar-refractivity contribution in [1.82, 2.24) is 4.57 Å². The summed E-state index contributed by atoms with van der Waals surface area (Å²) in [5.74, 6) is 0. The molecule has 0 saturated heterocycles. The molecule has 2 heteroatoms. The van der Waals surface area contributed by atoms with E-state index < -0.39 is 0 Å². The number of hydrogen-bond donors (Lipinski definition) is 0. The molecule has 2 aliphatic carbocycles. The average Bonchev–Trinajstić information content (AvgIpc) is 3.71. The molecule has 10 rings (SSSR count). The van der Waals surface area contributed by atoms with Gasteiger partial charge in [0.15, 0.2) is 0 Å². The molecule has 0 saturated carbocycles. The van der Waals surface area contributed by atoms with Gasteiger partial charge in [-0.05, 0) is 87.0 Å². The van der Waals surface area contributed by atoms with Crippen LogP contribution in [0.2, 0.25) is 0 Å². The summed E-state index contributed by atoms with van der Waals surface area (Å²) in [6.45, 7) is 9.36. The van der Waals surface area contributed by atoms with Gasteiger partial charge in [-0.3, -0.25) is 0 Å². The molecule has 2 aliphatic rings. The molecular formula is C42H31NO. The summed E-state index contributed by atoms with van der Waals surface area (Å²) in [5, 5.41) is 4.89. The van der Waals surface area contributed by atoms with Crippen molar-refractivity contribution >= 4 is 43.7 Å². The van der Waals surface area contributed by atoms with Crippen molar-refractivity contribution in [1.29, 1.82) is 0 Å². The van der Waals surface area contributed by atoms with Gasteiger partial charge in [-0.1, -0.05) is 100 Å². The molecule has 0 unspecified atom stereocenters. The van der Waals surface area contributed by atoms with E-state index in [1.807, 2.05) is 0 Å². The Balaban J connectivity index is 1.28. The van der Waals surface area contributed by atoms with Crippen LogP contribution in [0.1, 0.15) is 49.9 Å². The summed E-state index contributed by atoms with van der Waals surface area (Å²) in [6, 6.07) is 42.7. The molecule has 0 aliphatic heterocycles. The molecule has 0 fully saturated rings. The third-order valence-corrected chi connectivity index (χ3v) is 10.8. The van der Waals surface area contributed by atoms with Gasteiger partial charge in [-0.25, -0.2) is 0 Å². The Bertz CT molecular complexity index is 2550. The minimum absolute atomic E-state index is 0.0564. The van der Waals surface area contributed by atoms with Crippen LogP contribution in [0, 0.1) is 0 Å². The van der Waals surface area contributed by atoms with Gasteiger partial charge >= 0.3 is 0 Å². The lowest BCUT2D eigenvalue weighted by Crippen LogP contribution is -2.15. The smallest absolute Gasteiger partial charge is 0.136 e. The predicted molar refractivity (Wildman–Crippen MR) is 183 cm³/mol. The maximum Gasteiger partial charge on any atom is 0.136 e. The third-order valence-electron chi connectivity index (χ3n) is 10.8. The number of para-hydroxylation sites is 1. The van der Waals surface area contributed by atoms with E-state index >= 15 is 0 Å². The molecule has 210 valence electrons. The normalized spacial score (nSPS) is 15.6. The Morgan fingerprint density at radius 1 is 0.455 bits per heavy atom. The van der Waals surface area contributed by atoms with Crippen molar-refractivity contribution in [2.24, 2.45) is 0 Å². The first-order chi connectivity index (χ1) is 21.3. The zero-order valence-corrected chi connectivity index (χ0v) is 25.3. The summed E-state index contributed by atoms with van der Waals surface area (Å²) in [4.78, 5) is 0. The van der Waals surface area contributed by atoms with Crippen LogP contribution in [-0.4, -0.2) is 4.57 Å². The second-order valence-corrected chi connectivity index (χ2v) is 13.8. The van der Waals surface area contributed by atoms with Crippen LogP contribution in [0.15, 0.2) is 120 Å². The van der Waals surface area contributed by atoms with Gasteiger partial charge < -0.3 is 8.98 Å². The number of benzene rings is 6. The van der Waals surface area contributed by atoms with E-state index in [-0.39, 0.29) is 10.8 Å². The van der Waals surface area contributed by atoms with Crippen LogP contribution >= 0.6 is 0 Å². The van der Waals surface area contributed by atoms with Crippen LogP contribution in [0.3, 0.4) is 0 Å². The van der Waals surface area contributed by atoms with Gasteiger partial charge in [0.25, 0.3) is 0 Å². The van der Waals surface area contributed by atoms with Crippen molar-refractivity contribution in [2.75, 3.05) is 0 Å². The lowest BCUT2D eigenvalue weighted by Gasteiger charge is -2.22. The maximum absolute atomic E-state index is 6.66. The van der Waals surface area contributed by atoms with Crippen molar-refractivity contribution in [3.63, 3.8) is 0 Å². The topological polar surface area (TPSA) is 18.1 Å². The lowest BCUT2D eigenvalue weighted by atomic mass is 9.82. The largest absolute Gasteiger partial charge is 0.456 e. The second-order valence-electron chi connectivity index (χ2n) is 13.8. The molecular weight excluding hydrogens is 534 g/mol. The van der Waals surface area contributed by atoms with E-state index in [1.165, 1.54) is 82.8 Å². The lowest BCUT2D eigenvalue weighted by molar-refractivity contribution is 0.647. The zero-order valence-electron chi connectivity index (χ0n) is 25.3. The quantitative estimate of drug-likeness (QED) is 0.194. The SMILES string of the molecule is CC1(C)c2ccccc2-c2ccc(-n3c4ccccc4c4c5c(ccc43)oc3cc4c(cc35)-c3ccccc3C4(C)C)cc21. The van der Waals surface area contributed by atoms with E-state index in [2.05, 4.69) is 148 Å². The van der Waals surface area contributed by atoms with Crippen molar-refractivity contribution in [3.8, 4) is 27.9 Å². The minimum atomic E-state index is -0.0640. The Kier molecular flexibility index (Phi) is 4.37. The van der Waals surface area contributed by atoms with Crippen molar-refractivity contribution in [3.05, 3.63) is 138 Å². The van der Waals surface area contributed by atoms with Gasteiger partial charge in [0, 0.05) is 38.1 Å². The highest BCUT2D eigenvalue weighted by atomic mass is 16.3. The van der Waals surface area contributed by atoms with Crippen LogP contribution in [0.25, 0.3) is 71.7 Å². The van der Waals surface area contributed by atoms with E-state index in [0.717, 1.165) is 11.2 Å². The minimum Gasteiger partial charge on any atom is -0.456 e. The van der Waals surface area contributed by atoms with Gasteiger partial charge in [0.05, 0.1) is 11.0 Å². The Morgan fingerprint density at radius 3 is 1.86 bits per heavy atom. The van der Waals surface area contributed by atoms with Crippen LogP contribution in [0.5, 0.6) is 0 Å². The number of fused-ring (bicyclic) bond motifs is 13. The first-order valence-electron chi connectivity index (χ1n) is 15.6. The molecule has 6 aromatic carbocycles. The molecule has 44 heavy (non-hydrogen) atoms. The Morgan fingerprint density at radius 2 is 1.09 bits per heavy atom. The first-order valence-corrected chi connectivity index (χ1v) is 15.6. The fourth-order valence-corrected chi connectivity index (χ4v) is 8.63. The van der Waals surface area contributed by atoms with E-state index in [4.69, 9.17) is 4.42 Å². The molecule has 0 amide bonds. The van der Waals surface area contributed by atoms with Crippen LogP contribution in [0.4, 0.5) is 0 Å².